The lowest BCUT2D eigenvalue weighted by Crippen LogP contribution is -2.16. The van der Waals surface area contributed by atoms with E-state index >= 15 is 0 Å². The third-order valence-corrected chi connectivity index (χ3v) is 4.07. The van der Waals surface area contributed by atoms with Crippen molar-refractivity contribution in [3.8, 4) is 5.75 Å². The van der Waals surface area contributed by atoms with Gasteiger partial charge in [0.1, 0.15) is 17.4 Å². The summed E-state index contributed by atoms with van der Waals surface area (Å²) in [7, 11) is 1.62. The Labute approximate surface area is 123 Å². The van der Waals surface area contributed by atoms with Crippen molar-refractivity contribution in [2.45, 2.75) is 32.7 Å². The SMILES string of the molecule is COCc1nc(COc2ccccc2)sc1C(C)(C)O. The van der Waals surface area contributed by atoms with Crippen LogP contribution >= 0.6 is 11.3 Å². The Hall–Kier alpha value is -1.43. The van der Waals surface area contributed by atoms with Gasteiger partial charge >= 0.3 is 0 Å². The van der Waals surface area contributed by atoms with E-state index in [9.17, 15) is 5.11 Å². The molecule has 108 valence electrons. The van der Waals surface area contributed by atoms with Crippen LogP contribution in [0.5, 0.6) is 5.75 Å². The second-order valence-corrected chi connectivity index (χ2v) is 6.06. The molecule has 0 unspecified atom stereocenters. The van der Waals surface area contributed by atoms with Gasteiger partial charge in [0, 0.05) is 7.11 Å². The summed E-state index contributed by atoms with van der Waals surface area (Å²) in [5.74, 6) is 0.806. The highest BCUT2D eigenvalue weighted by Crippen LogP contribution is 2.31. The Balaban J connectivity index is 2.12. The molecule has 1 aromatic carbocycles. The van der Waals surface area contributed by atoms with Crippen molar-refractivity contribution < 1.29 is 14.6 Å². The highest BCUT2D eigenvalue weighted by molar-refractivity contribution is 7.11. The molecule has 1 aromatic heterocycles. The molecule has 1 N–H and O–H groups in total. The van der Waals surface area contributed by atoms with Gasteiger partial charge in [-0.25, -0.2) is 4.98 Å². The third-order valence-electron chi connectivity index (χ3n) is 2.68. The van der Waals surface area contributed by atoms with Crippen molar-refractivity contribution >= 4 is 11.3 Å². The van der Waals surface area contributed by atoms with Gasteiger partial charge in [0.05, 0.1) is 22.8 Å². The van der Waals surface area contributed by atoms with E-state index in [1.807, 2.05) is 30.3 Å². The maximum absolute atomic E-state index is 10.2. The Morgan fingerprint density at radius 2 is 1.90 bits per heavy atom. The van der Waals surface area contributed by atoms with E-state index in [4.69, 9.17) is 9.47 Å². The Morgan fingerprint density at radius 1 is 1.20 bits per heavy atom. The third kappa shape index (κ3) is 3.79. The highest BCUT2D eigenvalue weighted by Gasteiger charge is 2.24. The lowest BCUT2D eigenvalue weighted by molar-refractivity contribution is 0.0782. The first-order valence-corrected chi connectivity index (χ1v) is 7.20. The fraction of sp³-hybridized carbons (Fsp3) is 0.400. The van der Waals surface area contributed by atoms with E-state index in [0.29, 0.717) is 13.2 Å². The lowest BCUT2D eigenvalue weighted by atomic mass is 10.1. The molecule has 2 rings (SSSR count). The van der Waals surface area contributed by atoms with Crippen LogP contribution in [0.2, 0.25) is 0 Å². The van der Waals surface area contributed by atoms with Crippen LogP contribution < -0.4 is 4.74 Å². The number of hydrogen-bond acceptors (Lipinski definition) is 5. The van der Waals surface area contributed by atoms with Gasteiger partial charge < -0.3 is 14.6 Å². The average molecular weight is 293 g/mol. The van der Waals surface area contributed by atoms with Crippen molar-refractivity contribution in [1.82, 2.24) is 4.98 Å². The standard InChI is InChI=1S/C15H19NO3S/c1-15(2,17)14-12(9-18-3)16-13(20-14)10-19-11-7-5-4-6-8-11/h4-8,17H,9-10H2,1-3H3. The van der Waals surface area contributed by atoms with E-state index in [2.05, 4.69) is 4.98 Å². The van der Waals surface area contributed by atoms with Gasteiger partial charge in [0.2, 0.25) is 0 Å². The smallest absolute Gasteiger partial charge is 0.140 e. The molecule has 0 radical (unpaired) electrons. The number of aromatic nitrogens is 1. The maximum atomic E-state index is 10.2. The van der Waals surface area contributed by atoms with Gasteiger partial charge in [0.25, 0.3) is 0 Å². The molecule has 0 spiro atoms. The van der Waals surface area contributed by atoms with Crippen LogP contribution in [0.1, 0.15) is 29.4 Å². The van der Waals surface area contributed by atoms with Gasteiger partial charge in [-0.05, 0) is 26.0 Å². The minimum atomic E-state index is -0.920. The molecule has 0 saturated carbocycles. The van der Waals surface area contributed by atoms with Gasteiger partial charge in [-0.15, -0.1) is 11.3 Å². The van der Waals surface area contributed by atoms with Gasteiger partial charge in [-0.1, -0.05) is 18.2 Å². The zero-order chi connectivity index (χ0) is 14.6. The van der Waals surface area contributed by atoms with Crippen LogP contribution in [-0.2, 0) is 23.6 Å². The predicted octanol–water partition coefficient (Wildman–Crippen LogP) is 3.10. The first kappa shape index (κ1) is 15.0. The Kier molecular flexibility index (Phi) is 4.75. The normalized spacial score (nSPS) is 11.6. The Morgan fingerprint density at radius 3 is 2.50 bits per heavy atom. The maximum Gasteiger partial charge on any atom is 0.140 e. The first-order valence-electron chi connectivity index (χ1n) is 6.39. The van der Waals surface area contributed by atoms with Crippen LogP contribution in [0.3, 0.4) is 0 Å². The highest BCUT2D eigenvalue weighted by atomic mass is 32.1. The summed E-state index contributed by atoms with van der Waals surface area (Å²) < 4.78 is 10.8. The topological polar surface area (TPSA) is 51.6 Å². The fourth-order valence-electron chi connectivity index (χ4n) is 1.84. The molecule has 2 aromatic rings. The molecule has 4 nitrogen and oxygen atoms in total. The molecule has 20 heavy (non-hydrogen) atoms. The zero-order valence-electron chi connectivity index (χ0n) is 11.9. The molecule has 0 bridgehead atoms. The largest absolute Gasteiger partial charge is 0.486 e. The minimum Gasteiger partial charge on any atom is -0.486 e. The van der Waals surface area contributed by atoms with Crippen LogP contribution in [-0.4, -0.2) is 17.2 Å². The molecule has 0 fully saturated rings. The molecule has 1 heterocycles. The zero-order valence-corrected chi connectivity index (χ0v) is 12.7. The number of ether oxygens (including phenoxy) is 2. The van der Waals surface area contributed by atoms with Gasteiger partial charge in [-0.3, -0.25) is 0 Å². The fourth-order valence-corrected chi connectivity index (χ4v) is 2.82. The molecule has 0 atom stereocenters. The number of aliphatic hydroxyl groups is 1. The molecule has 0 saturated heterocycles. The van der Waals surface area contributed by atoms with Crippen molar-refractivity contribution in [3.05, 3.63) is 45.9 Å². The van der Waals surface area contributed by atoms with Crippen molar-refractivity contribution in [1.29, 1.82) is 0 Å². The number of rotatable bonds is 6. The molecular weight excluding hydrogens is 274 g/mol. The van der Waals surface area contributed by atoms with E-state index < -0.39 is 5.60 Å². The number of benzene rings is 1. The molecule has 0 aliphatic heterocycles. The molecule has 0 aliphatic carbocycles. The number of methoxy groups -OCH3 is 1. The van der Waals surface area contributed by atoms with Crippen molar-refractivity contribution in [3.63, 3.8) is 0 Å². The van der Waals surface area contributed by atoms with E-state index in [-0.39, 0.29) is 0 Å². The van der Waals surface area contributed by atoms with Crippen LogP contribution in [0.4, 0.5) is 0 Å². The average Bonchev–Trinajstić information content (AvgIpc) is 2.81. The summed E-state index contributed by atoms with van der Waals surface area (Å²) in [4.78, 5) is 5.31. The van der Waals surface area contributed by atoms with Crippen LogP contribution in [0.15, 0.2) is 30.3 Å². The summed E-state index contributed by atoms with van der Waals surface area (Å²) in [5, 5.41) is 11.0. The summed E-state index contributed by atoms with van der Waals surface area (Å²) >= 11 is 1.46. The van der Waals surface area contributed by atoms with Crippen molar-refractivity contribution in [2.75, 3.05) is 7.11 Å². The summed E-state index contributed by atoms with van der Waals surface area (Å²) in [6.45, 7) is 4.28. The summed E-state index contributed by atoms with van der Waals surface area (Å²) in [6.07, 6.45) is 0. The first-order chi connectivity index (χ1) is 9.50. The molecule has 5 heteroatoms. The quantitative estimate of drug-likeness (QED) is 0.889. The Bertz CT molecular complexity index is 546. The van der Waals surface area contributed by atoms with E-state index in [0.717, 1.165) is 21.3 Å². The minimum absolute atomic E-state index is 0.390. The van der Waals surface area contributed by atoms with Gasteiger partial charge in [0.15, 0.2) is 0 Å². The second-order valence-electron chi connectivity index (χ2n) is 4.98. The van der Waals surface area contributed by atoms with Crippen molar-refractivity contribution in [2.24, 2.45) is 0 Å². The summed E-state index contributed by atoms with van der Waals surface area (Å²) in [6, 6.07) is 9.60. The van der Waals surface area contributed by atoms with Crippen LogP contribution in [0, 0.1) is 0 Å². The predicted molar refractivity (Wildman–Crippen MR) is 78.8 cm³/mol. The lowest BCUT2D eigenvalue weighted by Gasteiger charge is -2.16. The van der Waals surface area contributed by atoms with E-state index in [1.54, 1.807) is 21.0 Å². The van der Waals surface area contributed by atoms with E-state index in [1.165, 1.54) is 11.3 Å². The van der Waals surface area contributed by atoms with Crippen LogP contribution in [0.25, 0.3) is 0 Å². The number of hydrogen-bond donors (Lipinski definition) is 1. The molecule has 0 aliphatic rings. The monoisotopic (exact) mass is 293 g/mol. The number of nitrogens with zero attached hydrogens (tertiary/aromatic N) is 1. The van der Waals surface area contributed by atoms with Gasteiger partial charge in [-0.2, -0.15) is 0 Å². The molecule has 0 amide bonds. The number of thiazole rings is 1. The second kappa shape index (κ2) is 6.35. The summed E-state index contributed by atoms with van der Waals surface area (Å²) in [5.41, 5.74) is -0.145. The molecular formula is C15H19NO3S. The number of para-hydroxylation sites is 1.